The van der Waals surface area contributed by atoms with Crippen molar-refractivity contribution in [3.8, 4) is 0 Å². The maximum absolute atomic E-state index is 11.0. The van der Waals surface area contributed by atoms with Gasteiger partial charge in [0.15, 0.2) is 0 Å². The molecule has 0 bridgehead atoms. The van der Waals surface area contributed by atoms with Crippen LogP contribution in [-0.2, 0) is 19.1 Å². The SMILES string of the molecule is CCS(=O)(=O)ON1CCOCC1.O.[NaH]. The van der Waals surface area contributed by atoms with Gasteiger partial charge in [0.2, 0.25) is 0 Å². The first-order valence-corrected chi connectivity index (χ1v) is 5.47. The Labute approximate surface area is 106 Å². The number of morpholine rings is 1. The van der Waals surface area contributed by atoms with Crippen molar-refractivity contribution in [2.45, 2.75) is 6.92 Å². The molecule has 0 atom stereocenters. The van der Waals surface area contributed by atoms with Crippen LogP contribution in [0, 0.1) is 0 Å². The van der Waals surface area contributed by atoms with Crippen molar-refractivity contribution in [1.82, 2.24) is 5.06 Å². The molecule has 6 nitrogen and oxygen atoms in total. The van der Waals surface area contributed by atoms with Crippen molar-refractivity contribution in [2.75, 3.05) is 32.1 Å². The van der Waals surface area contributed by atoms with E-state index in [0.717, 1.165) is 0 Å². The monoisotopic (exact) mass is 237 g/mol. The molecule has 0 aromatic heterocycles. The van der Waals surface area contributed by atoms with E-state index in [4.69, 9.17) is 9.02 Å². The van der Waals surface area contributed by atoms with Crippen molar-refractivity contribution in [2.24, 2.45) is 0 Å². The summed E-state index contributed by atoms with van der Waals surface area (Å²) in [6, 6.07) is 0. The molecule has 0 spiro atoms. The van der Waals surface area contributed by atoms with E-state index in [2.05, 4.69) is 0 Å². The first-order valence-electron chi connectivity index (χ1n) is 3.89. The molecule has 2 N–H and O–H groups in total. The first-order chi connectivity index (χ1) is 5.64. The Balaban J connectivity index is 0. The van der Waals surface area contributed by atoms with Crippen LogP contribution < -0.4 is 0 Å². The minimum absolute atomic E-state index is 0. The molecule has 0 aromatic carbocycles. The Kier molecular flexibility index (Phi) is 9.83. The van der Waals surface area contributed by atoms with Gasteiger partial charge in [-0.1, -0.05) is 0 Å². The number of ether oxygens (including phenoxy) is 1. The summed E-state index contributed by atoms with van der Waals surface area (Å²) in [6.45, 7) is 3.63. The normalized spacial score (nSPS) is 18.1. The molecule has 1 fully saturated rings. The molecule has 82 valence electrons. The minimum atomic E-state index is -3.35. The molecular formula is C6H16NNaO5S. The Morgan fingerprint density at radius 3 is 2.29 bits per heavy atom. The van der Waals surface area contributed by atoms with Crippen LogP contribution in [-0.4, -0.2) is 80.6 Å². The zero-order valence-electron chi connectivity index (χ0n) is 7.52. The molecule has 0 aliphatic carbocycles. The van der Waals surface area contributed by atoms with Crippen LogP contribution in [0.3, 0.4) is 0 Å². The van der Waals surface area contributed by atoms with Crippen molar-refractivity contribution in [1.29, 1.82) is 0 Å². The third-order valence-electron chi connectivity index (χ3n) is 1.54. The Morgan fingerprint density at radius 1 is 1.36 bits per heavy atom. The fourth-order valence-corrected chi connectivity index (χ4v) is 1.41. The predicted molar refractivity (Wildman–Crippen MR) is 53.7 cm³/mol. The van der Waals surface area contributed by atoms with Gasteiger partial charge in [0.1, 0.15) is 0 Å². The van der Waals surface area contributed by atoms with Crippen molar-refractivity contribution in [3.05, 3.63) is 0 Å². The van der Waals surface area contributed by atoms with Crippen molar-refractivity contribution in [3.63, 3.8) is 0 Å². The van der Waals surface area contributed by atoms with E-state index in [1.165, 1.54) is 5.06 Å². The van der Waals surface area contributed by atoms with Gasteiger partial charge in [0.25, 0.3) is 10.1 Å². The fourth-order valence-electron chi connectivity index (χ4n) is 0.834. The van der Waals surface area contributed by atoms with Crippen LogP contribution in [0.4, 0.5) is 0 Å². The number of hydrogen-bond donors (Lipinski definition) is 0. The Hall–Kier alpha value is 0.790. The molecule has 14 heavy (non-hydrogen) atoms. The molecular weight excluding hydrogens is 221 g/mol. The van der Waals surface area contributed by atoms with E-state index < -0.39 is 10.1 Å². The number of rotatable bonds is 3. The van der Waals surface area contributed by atoms with Crippen molar-refractivity contribution < 1.29 is 22.9 Å². The molecule has 1 saturated heterocycles. The van der Waals surface area contributed by atoms with E-state index in [1.807, 2.05) is 0 Å². The predicted octanol–water partition coefficient (Wildman–Crippen LogP) is -1.87. The molecule has 0 radical (unpaired) electrons. The third kappa shape index (κ3) is 6.31. The molecule has 1 aliphatic heterocycles. The van der Waals surface area contributed by atoms with Gasteiger partial charge in [-0.25, -0.2) is 0 Å². The van der Waals surface area contributed by atoms with E-state index >= 15 is 0 Å². The summed E-state index contributed by atoms with van der Waals surface area (Å²) in [4.78, 5) is 0. The number of nitrogens with zero attached hydrogens (tertiary/aromatic N) is 1. The van der Waals surface area contributed by atoms with Crippen LogP contribution >= 0.6 is 0 Å². The number of hydrogen-bond acceptors (Lipinski definition) is 5. The van der Waals surface area contributed by atoms with Gasteiger partial charge in [-0.2, -0.15) is 17.8 Å². The maximum atomic E-state index is 11.0. The molecule has 8 heteroatoms. The summed E-state index contributed by atoms with van der Waals surface area (Å²) in [5.74, 6) is 0.00432. The second-order valence-electron chi connectivity index (χ2n) is 2.46. The summed E-state index contributed by atoms with van der Waals surface area (Å²) in [5, 5.41) is 1.42. The summed E-state index contributed by atoms with van der Waals surface area (Å²) in [5.41, 5.74) is 0. The van der Waals surface area contributed by atoms with Gasteiger partial charge in [0.05, 0.1) is 19.0 Å². The first kappa shape index (κ1) is 17.2. The zero-order valence-corrected chi connectivity index (χ0v) is 8.34. The molecule has 0 unspecified atom stereocenters. The van der Waals surface area contributed by atoms with Gasteiger partial charge >= 0.3 is 29.6 Å². The van der Waals surface area contributed by atoms with Crippen LogP contribution in [0.1, 0.15) is 6.92 Å². The van der Waals surface area contributed by atoms with Gasteiger partial charge in [0, 0.05) is 13.1 Å². The zero-order chi connectivity index (χ0) is 9.03. The van der Waals surface area contributed by atoms with Gasteiger partial charge in [-0.3, -0.25) is 0 Å². The fraction of sp³-hybridized carbons (Fsp3) is 1.00. The van der Waals surface area contributed by atoms with Gasteiger partial charge < -0.3 is 10.2 Å². The average Bonchev–Trinajstić information content (AvgIpc) is 2.06. The summed E-state index contributed by atoms with van der Waals surface area (Å²) in [7, 11) is -3.35. The van der Waals surface area contributed by atoms with Gasteiger partial charge in [-0.15, -0.1) is 0 Å². The van der Waals surface area contributed by atoms with E-state index in [1.54, 1.807) is 6.92 Å². The van der Waals surface area contributed by atoms with Crippen LogP contribution in [0.15, 0.2) is 0 Å². The van der Waals surface area contributed by atoms with Crippen molar-refractivity contribution >= 4 is 39.7 Å². The molecule has 1 rings (SSSR count). The standard InChI is InChI=1S/C6H13NO4S.Na.H2O.H/c1-2-12(8,9)11-7-3-5-10-6-4-7;;;/h2-6H2,1H3;;1H2;. The quantitative estimate of drug-likeness (QED) is 0.536. The summed E-state index contributed by atoms with van der Waals surface area (Å²) < 4.78 is 31.7. The average molecular weight is 237 g/mol. The Morgan fingerprint density at radius 2 is 1.86 bits per heavy atom. The molecule has 0 amide bonds. The second-order valence-corrected chi connectivity index (χ2v) is 4.30. The van der Waals surface area contributed by atoms with Gasteiger partial charge in [-0.05, 0) is 6.92 Å². The Bertz CT molecular complexity index is 226. The molecule has 1 heterocycles. The van der Waals surface area contributed by atoms with Crippen LogP contribution in [0.5, 0.6) is 0 Å². The van der Waals surface area contributed by atoms with E-state index in [0.29, 0.717) is 26.3 Å². The van der Waals surface area contributed by atoms with E-state index in [9.17, 15) is 8.42 Å². The van der Waals surface area contributed by atoms with Crippen LogP contribution in [0.2, 0.25) is 0 Å². The molecule has 1 aliphatic rings. The molecule has 0 aromatic rings. The molecule has 0 saturated carbocycles. The number of hydroxylamine groups is 2. The topological polar surface area (TPSA) is 87.3 Å². The third-order valence-corrected chi connectivity index (χ3v) is 2.69. The summed E-state index contributed by atoms with van der Waals surface area (Å²) in [6.07, 6.45) is 0. The van der Waals surface area contributed by atoms with Crippen LogP contribution in [0.25, 0.3) is 0 Å². The summed E-state index contributed by atoms with van der Waals surface area (Å²) >= 11 is 0. The van der Waals surface area contributed by atoms with E-state index in [-0.39, 0.29) is 40.8 Å². The second kappa shape index (κ2) is 8.00.